The molecule has 0 saturated heterocycles. The molecule has 33 heavy (non-hydrogen) atoms. The fraction of sp³-hybridized carbons (Fsp3) is 0.423. The molecule has 1 aliphatic carbocycles. The summed E-state index contributed by atoms with van der Waals surface area (Å²) in [5.74, 6) is -0.297. The van der Waals surface area contributed by atoms with Crippen LogP contribution in [0.1, 0.15) is 60.6 Å². The first kappa shape index (κ1) is 21.9. The first-order valence-electron chi connectivity index (χ1n) is 11.7. The summed E-state index contributed by atoms with van der Waals surface area (Å²) >= 11 is 1.59. The molecule has 1 aliphatic heterocycles. The van der Waals surface area contributed by atoms with Crippen LogP contribution < -0.4 is 10.2 Å². The maximum atomic E-state index is 14.0. The molecule has 2 aliphatic rings. The second kappa shape index (κ2) is 8.45. The van der Waals surface area contributed by atoms with Gasteiger partial charge in [0.2, 0.25) is 5.91 Å². The van der Waals surface area contributed by atoms with E-state index in [0.717, 1.165) is 53.1 Å². The van der Waals surface area contributed by atoms with Gasteiger partial charge in [0.15, 0.2) is 0 Å². The average Bonchev–Trinajstić information content (AvgIpc) is 3.47. The number of hydrogen-bond donors (Lipinski definition) is 1. The standard InChI is InChI=1S/C26H30N4O2S/c1-17-11-12-18(2)21(14-17)30-24(31)22-15-20(23-10-7-13-33-23)28-29(22)16-26(30,3)25(32)27-19-8-5-4-6-9-19/h7,10-15,19H,4-6,8-9,16H2,1-3H3,(H,27,32)/t26-/m1/s1. The van der Waals surface area contributed by atoms with Gasteiger partial charge in [0.25, 0.3) is 5.91 Å². The lowest BCUT2D eigenvalue weighted by atomic mass is 9.90. The van der Waals surface area contributed by atoms with Crippen molar-refractivity contribution in [3.63, 3.8) is 0 Å². The Bertz CT molecular complexity index is 1190. The van der Waals surface area contributed by atoms with Crippen molar-refractivity contribution >= 4 is 28.8 Å². The highest BCUT2D eigenvalue weighted by Crippen LogP contribution is 2.37. The smallest absolute Gasteiger partial charge is 0.277 e. The summed E-state index contributed by atoms with van der Waals surface area (Å²) in [6.07, 6.45) is 5.48. The second-order valence-electron chi connectivity index (χ2n) is 9.56. The molecule has 3 heterocycles. The number of aromatic nitrogens is 2. The lowest BCUT2D eigenvalue weighted by molar-refractivity contribution is -0.127. The van der Waals surface area contributed by atoms with Crippen LogP contribution in [0.15, 0.2) is 41.8 Å². The van der Waals surface area contributed by atoms with Crippen LogP contribution in [0.25, 0.3) is 10.6 Å². The van der Waals surface area contributed by atoms with Crippen molar-refractivity contribution in [3.05, 3.63) is 58.6 Å². The molecule has 7 heteroatoms. The average molecular weight is 463 g/mol. The Balaban J connectivity index is 1.59. The molecule has 1 fully saturated rings. The van der Waals surface area contributed by atoms with E-state index in [-0.39, 0.29) is 17.9 Å². The van der Waals surface area contributed by atoms with E-state index in [1.165, 1.54) is 6.42 Å². The normalized spacial score (nSPS) is 21.2. The molecule has 0 radical (unpaired) electrons. The topological polar surface area (TPSA) is 67.2 Å². The van der Waals surface area contributed by atoms with Crippen LogP contribution in [-0.4, -0.2) is 33.2 Å². The van der Waals surface area contributed by atoms with Gasteiger partial charge in [-0.15, -0.1) is 11.3 Å². The number of nitrogens with one attached hydrogen (secondary N) is 1. The zero-order valence-electron chi connectivity index (χ0n) is 19.4. The van der Waals surface area contributed by atoms with Gasteiger partial charge in [-0.05, 0) is 68.3 Å². The van der Waals surface area contributed by atoms with Crippen molar-refractivity contribution in [1.29, 1.82) is 0 Å². The lowest BCUT2D eigenvalue weighted by Gasteiger charge is -2.44. The number of fused-ring (bicyclic) bond motifs is 1. The van der Waals surface area contributed by atoms with Gasteiger partial charge in [-0.25, -0.2) is 0 Å². The molecule has 0 spiro atoms. The van der Waals surface area contributed by atoms with Gasteiger partial charge >= 0.3 is 0 Å². The maximum Gasteiger partial charge on any atom is 0.277 e. The van der Waals surface area contributed by atoms with E-state index in [0.29, 0.717) is 12.2 Å². The zero-order valence-corrected chi connectivity index (χ0v) is 20.2. The predicted octanol–water partition coefficient (Wildman–Crippen LogP) is 5.10. The summed E-state index contributed by atoms with van der Waals surface area (Å²) < 4.78 is 1.72. The third-order valence-corrected chi connectivity index (χ3v) is 7.85. The summed E-state index contributed by atoms with van der Waals surface area (Å²) in [7, 11) is 0. The molecule has 1 aromatic carbocycles. The SMILES string of the molecule is Cc1ccc(C)c(N2C(=O)c3cc(-c4cccs4)nn3C[C@]2(C)C(=O)NC2CCCCC2)c1. The van der Waals surface area contributed by atoms with E-state index >= 15 is 0 Å². The Morgan fingerprint density at radius 2 is 1.94 bits per heavy atom. The summed E-state index contributed by atoms with van der Waals surface area (Å²) in [5.41, 5.74) is 3.01. The summed E-state index contributed by atoms with van der Waals surface area (Å²) in [5, 5.41) is 10.0. The second-order valence-corrected chi connectivity index (χ2v) is 10.5. The van der Waals surface area contributed by atoms with Crippen molar-refractivity contribution in [2.24, 2.45) is 0 Å². The Morgan fingerprint density at radius 3 is 2.67 bits per heavy atom. The van der Waals surface area contributed by atoms with E-state index < -0.39 is 5.54 Å². The maximum absolute atomic E-state index is 14.0. The van der Waals surface area contributed by atoms with Crippen LogP contribution in [0.5, 0.6) is 0 Å². The summed E-state index contributed by atoms with van der Waals surface area (Å²) in [6, 6.07) is 12.0. The lowest BCUT2D eigenvalue weighted by Crippen LogP contribution is -2.65. The molecule has 1 saturated carbocycles. The van der Waals surface area contributed by atoms with Gasteiger partial charge in [0.1, 0.15) is 16.9 Å². The summed E-state index contributed by atoms with van der Waals surface area (Å²) in [6.45, 7) is 6.19. The molecule has 0 bridgehead atoms. The number of thiophene rings is 1. The third kappa shape index (κ3) is 3.88. The van der Waals surface area contributed by atoms with E-state index in [1.807, 2.05) is 62.5 Å². The molecule has 0 unspecified atom stereocenters. The van der Waals surface area contributed by atoms with Crippen molar-refractivity contribution in [2.45, 2.75) is 71.0 Å². The Morgan fingerprint density at radius 1 is 1.15 bits per heavy atom. The van der Waals surface area contributed by atoms with Gasteiger partial charge in [-0.2, -0.15) is 5.10 Å². The number of rotatable bonds is 4. The fourth-order valence-electron chi connectivity index (χ4n) is 5.05. The number of carbonyl (C=O) groups is 2. The number of carbonyl (C=O) groups excluding carboxylic acids is 2. The minimum Gasteiger partial charge on any atom is -0.351 e. The number of benzene rings is 1. The molecule has 1 atom stereocenters. The van der Waals surface area contributed by atoms with Crippen LogP contribution in [0, 0.1) is 13.8 Å². The molecular weight excluding hydrogens is 432 g/mol. The number of aryl methyl sites for hydroxylation is 2. The predicted molar refractivity (Wildman–Crippen MR) is 132 cm³/mol. The minimum atomic E-state index is -1.08. The van der Waals surface area contributed by atoms with Crippen molar-refractivity contribution in [1.82, 2.24) is 15.1 Å². The van der Waals surface area contributed by atoms with Crippen LogP contribution >= 0.6 is 11.3 Å². The third-order valence-electron chi connectivity index (χ3n) is 6.96. The molecule has 172 valence electrons. The van der Waals surface area contributed by atoms with Crippen molar-refractivity contribution < 1.29 is 9.59 Å². The first-order chi connectivity index (χ1) is 15.9. The summed E-state index contributed by atoms with van der Waals surface area (Å²) in [4.78, 5) is 30.5. The number of nitrogens with zero attached hydrogens (tertiary/aromatic N) is 3. The first-order valence-corrected chi connectivity index (χ1v) is 12.6. The van der Waals surface area contributed by atoms with E-state index in [2.05, 4.69) is 5.32 Å². The van der Waals surface area contributed by atoms with E-state index in [1.54, 1.807) is 20.9 Å². The van der Waals surface area contributed by atoms with Crippen LogP contribution in [0.3, 0.4) is 0 Å². The van der Waals surface area contributed by atoms with Gasteiger partial charge in [-0.1, -0.05) is 37.5 Å². The fourth-order valence-corrected chi connectivity index (χ4v) is 5.73. The van der Waals surface area contributed by atoms with E-state index in [4.69, 9.17) is 5.10 Å². The van der Waals surface area contributed by atoms with Gasteiger partial charge in [-0.3, -0.25) is 19.2 Å². The Hall–Kier alpha value is -2.93. The minimum absolute atomic E-state index is 0.109. The molecule has 2 aromatic heterocycles. The molecule has 5 rings (SSSR count). The van der Waals surface area contributed by atoms with Crippen LogP contribution in [0.4, 0.5) is 5.69 Å². The van der Waals surface area contributed by atoms with Gasteiger partial charge in [0.05, 0.1) is 11.4 Å². The van der Waals surface area contributed by atoms with E-state index in [9.17, 15) is 9.59 Å². The van der Waals surface area contributed by atoms with Gasteiger partial charge in [0, 0.05) is 11.7 Å². The Kier molecular flexibility index (Phi) is 5.60. The molecule has 1 N–H and O–H groups in total. The monoisotopic (exact) mass is 462 g/mol. The Labute approximate surface area is 198 Å². The number of hydrogen-bond acceptors (Lipinski definition) is 4. The van der Waals surface area contributed by atoms with Crippen molar-refractivity contribution in [3.8, 4) is 10.6 Å². The highest BCUT2D eigenvalue weighted by Gasteiger charge is 2.49. The largest absolute Gasteiger partial charge is 0.351 e. The number of anilines is 1. The zero-order chi connectivity index (χ0) is 23.2. The van der Waals surface area contributed by atoms with Crippen LogP contribution in [-0.2, 0) is 11.3 Å². The number of amides is 2. The highest BCUT2D eigenvalue weighted by atomic mass is 32.1. The molecular formula is C26H30N4O2S. The molecule has 6 nitrogen and oxygen atoms in total. The molecule has 3 aromatic rings. The quantitative estimate of drug-likeness (QED) is 0.587. The van der Waals surface area contributed by atoms with Crippen LogP contribution in [0.2, 0.25) is 0 Å². The highest BCUT2D eigenvalue weighted by molar-refractivity contribution is 7.13. The molecule has 2 amide bonds. The van der Waals surface area contributed by atoms with Crippen molar-refractivity contribution in [2.75, 3.05) is 4.90 Å². The van der Waals surface area contributed by atoms with Gasteiger partial charge < -0.3 is 5.32 Å².